The van der Waals surface area contributed by atoms with Gasteiger partial charge in [0.05, 0.1) is 0 Å². The summed E-state index contributed by atoms with van der Waals surface area (Å²) < 4.78 is 0. The van der Waals surface area contributed by atoms with Crippen LogP contribution < -0.4 is 5.32 Å². The monoisotopic (exact) mass is 264 g/mol. The molecule has 2 rings (SSSR count). The van der Waals surface area contributed by atoms with E-state index in [0.717, 1.165) is 45.3 Å². The van der Waals surface area contributed by atoms with Crippen molar-refractivity contribution in [2.45, 2.75) is 64.3 Å². The predicted molar refractivity (Wildman–Crippen MR) is 79.1 cm³/mol. The van der Waals surface area contributed by atoms with Crippen molar-refractivity contribution in [2.24, 2.45) is 0 Å². The van der Waals surface area contributed by atoms with E-state index in [4.69, 9.17) is 0 Å². The molecular formula is C16H28N2O. The van der Waals surface area contributed by atoms with Gasteiger partial charge in [-0.3, -0.25) is 4.79 Å². The highest BCUT2D eigenvalue weighted by Gasteiger charge is 2.25. The van der Waals surface area contributed by atoms with Crippen LogP contribution in [0.15, 0.2) is 11.6 Å². The molecule has 1 aliphatic heterocycles. The highest BCUT2D eigenvalue weighted by atomic mass is 16.2. The zero-order chi connectivity index (χ0) is 13.5. The Labute approximate surface area is 117 Å². The van der Waals surface area contributed by atoms with Gasteiger partial charge in [-0.2, -0.15) is 0 Å². The van der Waals surface area contributed by atoms with Gasteiger partial charge in [-0.25, -0.2) is 0 Å². The van der Waals surface area contributed by atoms with Crippen molar-refractivity contribution < 1.29 is 4.79 Å². The summed E-state index contributed by atoms with van der Waals surface area (Å²) in [4.78, 5) is 14.7. The van der Waals surface area contributed by atoms with Crippen LogP contribution in [0.25, 0.3) is 0 Å². The molecule has 1 saturated heterocycles. The maximum Gasteiger partial charge on any atom is 0.226 e. The fourth-order valence-corrected chi connectivity index (χ4v) is 3.23. The van der Waals surface area contributed by atoms with Gasteiger partial charge >= 0.3 is 0 Å². The molecule has 0 unspecified atom stereocenters. The number of hydrogen-bond acceptors (Lipinski definition) is 2. The lowest BCUT2D eigenvalue weighted by Crippen LogP contribution is -2.46. The van der Waals surface area contributed by atoms with Crippen molar-refractivity contribution in [3.8, 4) is 0 Å². The van der Waals surface area contributed by atoms with Crippen LogP contribution in [0.2, 0.25) is 0 Å². The van der Waals surface area contributed by atoms with Gasteiger partial charge in [0.2, 0.25) is 5.91 Å². The van der Waals surface area contributed by atoms with Gasteiger partial charge in [-0.15, -0.1) is 0 Å². The number of nitrogens with one attached hydrogen (secondary N) is 1. The van der Waals surface area contributed by atoms with E-state index in [-0.39, 0.29) is 0 Å². The number of carbonyl (C=O) groups excluding carboxylic acids is 1. The maximum absolute atomic E-state index is 12.6. The van der Waals surface area contributed by atoms with E-state index in [2.05, 4.69) is 23.2 Å². The van der Waals surface area contributed by atoms with Gasteiger partial charge in [0.1, 0.15) is 0 Å². The number of carbonyl (C=O) groups is 1. The Morgan fingerprint density at radius 1 is 1.37 bits per heavy atom. The van der Waals surface area contributed by atoms with E-state index in [1.165, 1.54) is 24.8 Å². The minimum absolute atomic E-state index is 0.363. The van der Waals surface area contributed by atoms with E-state index < -0.39 is 0 Å². The van der Waals surface area contributed by atoms with Crippen LogP contribution in [0.4, 0.5) is 0 Å². The van der Waals surface area contributed by atoms with Crippen LogP contribution in [-0.4, -0.2) is 36.5 Å². The van der Waals surface area contributed by atoms with Gasteiger partial charge in [-0.05, 0) is 58.0 Å². The van der Waals surface area contributed by atoms with Crippen molar-refractivity contribution in [1.29, 1.82) is 0 Å². The average Bonchev–Trinajstić information content (AvgIpc) is 2.46. The van der Waals surface area contributed by atoms with Gasteiger partial charge in [0.25, 0.3) is 0 Å². The molecule has 0 aromatic heterocycles. The molecule has 1 fully saturated rings. The minimum Gasteiger partial charge on any atom is -0.339 e. The highest BCUT2D eigenvalue weighted by molar-refractivity contribution is 5.79. The standard InChI is InChI=1S/C16H28N2O/c1-2-12-18(15-8-10-17-11-9-15)16(19)13-14-6-4-3-5-7-14/h6,15,17H,2-5,7-13H2,1H3. The van der Waals surface area contributed by atoms with Crippen LogP contribution in [-0.2, 0) is 4.79 Å². The lowest BCUT2D eigenvalue weighted by atomic mass is 9.96. The molecule has 0 bridgehead atoms. The quantitative estimate of drug-likeness (QED) is 0.774. The van der Waals surface area contributed by atoms with Crippen LogP contribution in [0, 0.1) is 0 Å². The maximum atomic E-state index is 12.6. The van der Waals surface area contributed by atoms with Crippen molar-refractivity contribution in [2.75, 3.05) is 19.6 Å². The Balaban J connectivity index is 1.92. The Hall–Kier alpha value is -0.830. The third-order valence-electron chi connectivity index (χ3n) is 4.30. The van der Waals surface area contributed by atoms with Gasteiger partial charge in [0.15, 0.2) is 0 Å². The van der Waals surface area contributed by atoms with Crippen LogP contribution in [0.1, 0.15) is 58.3 Å². The molecule has 1 N–H and O–H groups in total. The molecule has 0 saturated carbocycles. The van der Waals surface area contributed by atoms with Crippen LogP contribution in [0.3, 0.4) is 0 Å². The first-order valence-electron chi connectivity index (χ1n) is 7.99. The lowest BCUT2D eigenvalue weighted by molar-refractivity contribution is -0.133. The number of amides is 1. The minimum atomic E-state index is 0.363. The molecule has 19 heavy (non-hydrogen) atoms. The number of allylic oxidation sites excluding steroid dienone is 1. The third kappa shape index (κ3) is 4.34. The topological polar surface area (TPSA) is 32.3 Å². The Morgan fingerprint density at radius 2 is 2.16 bits per heavy atom. The van der Waals surface area contributed by atoms with Gasteiger partial charge in [-0.1, -0.05) is 18.6 Å². The molecule has 0 spiro atoms. The number of piperidine rings is 1. The molecule has 108 valence electrons. The molecule has 0 aromatic rings. The molecule has 1 aliphatic carbocycles. The summed E-state index contributed by atoms with van der Waals surface area (Å²) in [5.74, 6) is 0.363. The van der Waals surface area contributed by atoms with E-state index in [9.17, 15) is 4.79 Å². The first-order valence-corrected chi connectivity index (χ1v) is 7.99. The third-order valence-corrected chi connectivity index (χ3v) is 4.30. The average molecular weight is 264 g/mol. The lowest BCUT2D eigenvalue weighted by Gasteiger charge is -2.35. The second-order valence-electron chi connectivity index (χ2n) is 5.85. The number of nitrogens with zero attached hydrogens (tertiary/aromatic N) is 1. The SMILES string of the molecule is CCCN(C(=O)CC1=CCCCC1)C1CCNCC1. The summed E-state index contributed by atoms with van der Waals surface area (Å²) >= 11 is 0. The molecule has 1 amide bonds. The Morgan fingerprint density at radius 3 is 2.79 bits per heavy atom. The smallest absolute Gasteiger partial charge is 0.226 e. The summed E-state index contributed by atoms with van der Waals surface area (Å²) in [5.41, 5.74) is 1.38. The van der Waals surface area contributed by atoms with E-state index >= 15 is 0 Å². The van der Waals surface area contributed by atoms with Crippen molar-refractivity contribution >= 4 is 5.91 Å². The van der Waals surface area contributed by atoms with E-state index in [1.807, 2.05) is 0 Å². The second-order valence-corrected chi connectivity index (χ2v) is 5.85. The summed E-state index contributed by atoms with van der Waals surface area (Å²) in [6.45, 7) is 5.21. The fourth-order valence-electron chi connectivity index (χ4n) is 3.23. The fraction of sp³-hybridized carbons (Fsp3) is 0.812. The largest absolute Gasteiger partial charge is 0.339 e. The van der Waals surface area contributed by atoms with Crippen molar-refractivity contribution in [1.82, 2.24) is 10.2 Å². The zero-order valence-corrected chi connectivity index (χ0v) is 12.3. The molecule has 0 radical (unpaired) electrons. The summed E-state index contributed by atoms with van der Waals surface area (Å²) in [6.07, 6.45) is 11.1. The molecule has 3 nitrogen and oxygen atoms in total. The van der Waals surface area contributed by atoms with Crippen LogP contribution in [0.5, 0.6) is 0 Å². The predicted octanol–water partition coefficient (Wildman–Crippen LogP) is 2.87. The van der Waals surface area contributed by atoms with Crippen molar-refractivity contribution in [3.05, 3.63) is 11.6 Å². The number of hydrogen-bond donors (Lipinski definition) is 1. The molecule has 0 aromatic carbocycles. The molecule has 0 atom stereocenters. The molecular weight excluding hydrogens is 236 g/mol. The molecule has 1 heterocycles. The zero-order valence-electron chi connectivity index (χ0n) is 12.3. The van der Waals surface area contributed by atoms with Crippen molar-refractivity contribution in [3.63, 3.8) is 0 Å². The Bertz CT molecular complexity index is 319. The summed E-state index contributed by atoms with van der Waals surface area (Å²) in [7, 11) is 0. The highest BCUT2D eigenvalue weighted by Crippen LogP contribution is 2.22. The van der Waals surface area contributed by atoms with E-state index in [0.29, 0.717) is 18.4 Å². The summed E-state index contributed by atoms with van der Waals surface area (Å²) in [6, 6.07) is 0.470. The first kappa shape index (κ1) is 14.6. The Kier molecular flexibility index (Phi) is 5.90. The first-order chi connectivity index (χ1) is 9.31. The molecule has 3 heteroatoms. The van der Waals surface area contributed by atoms with Gasteiger partial charge < -0.3 is 10.2 Å². The second kappa shape index (κ2) is 7.68. The van der Waals surface area contributed by atoms with Crippen LogP contribution >= 0.6 is 0 Å². The summed E-state index contributed by atoms with van der Waals surface area (Å²) in [5, 5.41) is 3.38. The number of rotatable bonds is 5. The van der Waals surface area contributed by atoms with Gasteiger partial charge in [0, 0.05) is 19.0 Å². The molecule has 2 aliphatic rings. The van der Waals surface area contributed by atoms with E-state index in [1.54, 1.807) is 0 Å². The normalized spacial score (nSPS) is 21.0.